The summed E-state index contributed by atoms with van der Waals surface area (Å²) in [4.78, 5) is 43.1. The van der Waals surface area contributed by atoms with Gasteiger partial charge >= 0.3 is 0 Å². The SMILES string of the molecule is COCC(=O)N[C@@H](C(=O)N1CCN(C)[C@H](C)C1)[C@@H](C)c1ccc(NC(=O)C(N)C2CCC(=C(F)F)c3ccccc32)c(F)c1. The fourth-order valence-electron chi connectivity index (χ4n) is 5.95. The van der Waals surface area contributed by atoms with Crippen LogP contribution in [0.1, 0.15) is 55.2 Å². The lowest BCUT2D eigenvalue weighted by molar-refractivity contribution is -0.140. The van der Waals surface area contributed by atoms with Crippen LogP contribution >= 0.6 is 0 Å². The fraction of sp³-hybridized carbons (Fsp3) is 0.469. The predicted molar refractivity (Wildman–Crippen MR) is 161 cm³/mol. The Morgan fingerprint density at radius 3 is 2.52 bits per heavy atom. The fourth-order valence-corrected chi connectivity index (χ4v) is 5.95. The van der Waals surface area contributed by atoms with Gasteiger partial charge in [0.05, 0.1) is 11.7 Å². The molecule has 2 aliphatic rings. The molecule has 1 aliphatic carbocycles. The second-order valence-corrected chi connectivity index (χ2v) is 11.6. The third kappa shape index (κ3) is 7.31. The number of methoxy groups -OCH3 is 1. The molecular formula is C32H40F3N5O4. The van der Waals surface area contributed by atoms with Crippen molar-refractivity contribution in [1.82, 2.24) is 15.1 Å². The molecule has 12 heteroatoms. The summed E-state index contributed by atoms with van der Waals surface area (Å²) in [6.07, 6.45) is -1.45. The number of carbonyl (C=O) groups is 3. The molecule has 3 amide bonds. The van der Waals surface area contributed by atoms with Crippen LogP contribution < -0.4 is 16.4 Å². The number of hydrogen-bond donors (Lipinski definition) is 3. The number of likely N-dealkylation sites (N-methyl/N-ethyl adjacent to an activating group) is 1. The van der Waals surface area contributed by atoms with Gasteiger partial charge in [-0.05, 0) is 55.6 Å². The minimum atomic E-state index is -1.76. The Kier molecular flexibility index (Phi) is 10.8. The molecule has 238 valence electrons. The summed E-state index contributed by atoms with van der Waals surface area (Å²) in [5.74, 6) is -3.29. The Labute approximate surface area is 255 Å². The third-order valence-electron chi connectivity index (χ3n) is 8.76. The second kappa shape index (κ2) is 14.4. The van der Waals surface area contributed by atoms with Crippen LogP contribution in [0.15, 0.2) is 48.5 Å². The Morgan fingerprint density at radius 1 is 1.14 bits per heavy atom. The number of halogens is 3. The van der Waals surface area contributed by atoms with Crippen molar-refractivity contribution in [3.05, 3.63) is 71.1 Å². The van der Waals surface area contributed by atoms with Crippen molar-refractivity contribution < 1.29 is 32.3 Å². The van der Waals surface area contributed by atoms with E-state index in [2.05, 4.69) is 15.5 Å². The summed E-state index contributed by atoms with van der Waals surface area (Å²) in [7, 11) is 3.36. The van der Waals surface area contributed by atoms with Gasteiger partial charge in [0.1, 0.15) is 18.5 Å². The van der Waals surface area contributed by atoms with E-state index in [1.54, 1.807) is 42.2 Å². The van der Waals surface area contributed by atoms with E-state index in [0.717, 1.165) is 0 Å². The second-order valence-electron chi connectivity index (χ2n) is 11.6. The lowest BCUT2D eigenvalue weighted by Crippen LogP contribution is -2.58. The molecule has 0 spiro atoms. The first-order valence-electron chi connectivity index (χ1n) is 14.7. The molecular weight excluding hydrogens is 575 g/mol. The van der Waals surface area contributed by atoms with Gasteiger partial charge < -0.3 is 30.9 Å². The van der Waals surface area contributed by atoms with Crippen LogP contribution in [0, 0.1) is 5.82 Å². The maximum absolute atomic E-state index is 15.4. The quantitative estimate of drug-likeness (QED) is 0.397. The van der Waals surface area contributed by atoms with Gasteiger partial charge in [0.25, 0.3) is 6.08 Å². The van der Waals surface area contributed by atoms with E-state index in [0.29, 0.717) is 36.3 Å². The van der Waals surface area contributed by atoms with E-state index in [9.17, 15) is 23.2 Å². The van der Waals surface area contributed by atoms with Crippen LogP contribution in [0.5, 0.6) is 0 Å². The molecule has 0 saturated carbocycles. The Morgan fingerprint density at radius 2 is 1.86 bits per heavy atom. The van der Waals surface area contributed by atoms with Gasteiger partial charge in [-0.2, -0.15) is 8.78 Å². The van der Waals surface area contributed by atoms with Gasteiger partial charge in [0.2, 0.25) is 17.7 Å². The number of nitrogens with one attached hydrogen (secondary N) is 2. The summed E-state index contributed by atoms with van der Waals surface area (Å²) in [5.41, 5.74) is 7.49. The van der Waals surface area contributed by atoms with Gasteiger partial charge in [-0.25, -0.2) is 4.39 Å². The molecule has 1 fully saturated rings. The lowest BCUT2D eigenvalue weighted by Gasteiger charge is -2.40. The Hall–Kier alpha value is -3.74. The minimum Gasteiger partial charge on any atom is -0.375 e. The first kappa shape index (κ1) is 33.2. The van der Waals surface area contributed by atoms with Crippen molar-refractivity contribution in [3.8, 4) is 0 Å². The monoisotopic (exact) mass is 615 g/mol. The largest absolute Gasteiger partial charge is 0.375 e. The first-order valence-corrected chi connectivity index (χ1v) is 14.7. The topological polar surface area (TPSA) is 117 Å². The zero-order valence-electron chi connectivity index (χ0n) is 25.4. The van der Waals surface area contributed by atoms with Crippen LogP contribution in [-0.2, 0) is 19.1 Å². The maximum atomic E-state index is 15.4. The number of allylic oxidation sites excluding steroid dienone is 1. The number of benzene rings is 2. The Balaban J connectivity index is 1.51. The van der Waals surface area contributed by atoms with Crippen molar-refractivity contribution in [2.45, 2.75) is 56.7 Å². The highest BCUT2D eigenvalue weighted by Crippen LogP contribution is 2.41. The van der Waals surface area contributed by atoms with E-state index in [1.807, 2.05) is 14.0 Å². The molecule has 4 N–H and O–H groups in total. The van der Waals surface area contributed by atoms with Gasteiger partial charge in [-0.1, -0.05) is 37.3 Å². The molecule has 2 aromatic rings. The van der Waals surface area contributed by atoms with E-state index >= 15 is 4.39 Å². The number of rotatable bonds is 9. The number of ether oxygens (including phenoxy) is 1. The van der Waals surface area contributed by atoms with Gasteiger partial charge in [0, 0.05) is 50.2 Å². The van der Waals surface area contributed by atoms with Crippen LogP contribution in [0.2, 0.25) is 0 Å². The number of nitrogens with zero attached hydrogens (tertiary/aromatic N) is 2. The number of nitrogens with two attached hydrogens (primary N) is 1. The highest BCUT2D eigenvalue weighted by molar-refractivity contribution is 5.96. The van der Waals surface area contributed by atoms with Crippen LogP contribution in [0.3, 0.4) is 0 Å². The summed E-state index contributed by atoms with van der Waals surface area (Å²) < 4.78 is 47.3. The number of amides is 3. The molecule has 0 radical (unpaired) electrons. The number of hydrogen-bond acceptors (Lipinski definition) is 6. The standard InChI is InChI=1S/C32H40F3N5O4/c1-18-16-40(14-13-39(18)3)32(43)29(38-27(41)17-44-4)19(2)20-9-12-26(25(33)15-20)37-31(42)28(36)23-10-11-24(30(34)35)22-8-6-5-7-21(22)23/h5-9,12,15,18-19,23,28-29H,10-11,13-14,16-17,36H2,1-4H3,(H,37,42)(H,38,41)/t18-,19+,23?,28?,29-/m1/s1. The van der Waals surface area contributed by atoms with Crippen LogP contribution in [0.25, 0.3) is 5.57 Å². The van der Waals surface area contributed by atoms with Crippen LogP contribution in [-0.4, -0.2) is 86.0 Å². The van der Waals surface area contributed by atoms with Crippen molar-refractivity contribution in [2.75, 3.05) is 45.7 Å². The average Bonchev–Trinajstić information content (AvgIpc) is 3.00. The van der Waals surface area contributed by atoms with Crippen molar-refractivity contribution >= 4 is 29.0 Å². The molecule has 2 unspecified atom stereocenters. The van der Waals surface area contributed by atoms with E-state index in [1.165, 1.54) is 19.2 Å². The highest BCUT2D eigenvalue weighted by Gasteiger charge is 2.36. The molecule has 44 heavy (non-hydrogen) atoms. The highest BCUT2D eigenvalue weighted by atomic mass is 19.3. The number of carbonyl (C=O) groups excluding carboxylic acids is 3. The molecule has 4 rings (SSSR count). The van der Waals surface area contributed by atoms with Gasteiger partial charge in [-0.15, -0.1) is 0 Å². The number of anilines is 1. The lowest BCUT2D eigenvalue weighted by atomic mass is 9.76. The zero-order valence-corrected chi connectivity index (χ0v) is 25.4. The maximum Gasteiger partial charge on any atom is 0.274 e. The van der Waals surface area contributed by atoms with Gasteiger partial charge in [0.15, 0.2) is 0 Å². The summed E-state index contributed by atoms with van der Waals surface area (Å²) >= 11 is 0. The average molecular weight is 616 g/mol. The normalized spacial score (nSPS) is 20.7. The Bertz CT molecular complexity index is 1420. The van der Waals surface area contributed by atoms with Crippen LogP contribution in [0.4, 0.5) is 18.9 Å². The molecule has 2 aromatic carbocycles. The molecule has 0 bridgehead atoms. The molecule has 9 nitrogen and oxygen atoms in total. The van der Waals surface area contributed by atoms with Crippen molar-refractivity contribution in [2.24, 2.45) is 5.73 Å². The smallest absolute Gasteiger partial charge is 0.274 e. The molecule has 1 aliphatic heterocycles. The molecule has 5 atom stereocenters. The first-order chi connectivity index (χ1) is 20.9. The van der Waals surface area contributed by atoms with E-state index in [-0.39, 0.29) is 42.7 Å². The summed E-state index contributed by atoms with van der Waals surface area (Å²) in [6.45, 7) is 5.17. The minimum absolute atomic E-state index is 0.0578. The van der Waals surface area contributed by atoms with E-state index in [4.69, 9.17) is 10.5 Å². The van der Waals surface area contributed by atoms with E-state index < -0.39 is 47.6 Å². The predicted octanol–water partition coefficient (Wildman–Crippen LogP) is 3.67. The van der Waals surface area contributed by atoms with Crippen molar-refractivity contribution in [3.63, 3.8) is 0 Å². The summed E-state index contributed by atoms with van der Waals surface area (Å²) in [5, 5.41) is 5.28. The zero-order chi connectivity index (χ0) is 32.1. The van der Waals surface area contributed by atoms with Gasteiger partial charge in [-0.3, -0.25) is 14.4 Å². The number of fused-ring (bicyclic) bond motifs is 1. The third-order valence-corrected chi connectivity index (χ3v) is 8.76. The number of piperazine rings is 1. The molecule has 1 heterocycles. The summed E-state index contributed by atoms with van der Waals surface area (Å²) in [6, 6.07) is 8.86. The molecule has 0 aromatic heterocycles. The molecule has 1 saturated heterocycles. The van der Waals surface area contributed by atoms with Crippen molar-refractivity contribution in [1.29, 1.82) is 0 Å².